The molecule has 0 bridgehead atoms. The van der Waals surface area contributed by atoms with E-state index in [0.717, 1.165) is 11.1 Å². The van der Waals surface area contributed by atoms with Crippen molar-refractivity contribution in [3.05, 3.63) is 59.7 Å². The second-order valence-corrected chi connectivity index (χ2v) is 5.76. The molecular weight excluding hydrogens is 304 g/mol. The van der Waals surface area contributed by atoms with Gasteiger partial charge in [-0.15, -0.1) is 0 Å². The maximum Gasteiger partial charge on any atom is 0.277 e. The lowest BCUT2D eigenvalue weighted by Crippen LogP contribution is -2.25. The summed E-state index contributed by atoms with van der Waals surface area (Å²) < 4.78 is 5.60. The Kier molecular flexibility index (Phi) is 5.95. The van der Waals surface area contributed by atoms with Crippen LogP contribution in [0.1, 0.15) is 37.8 Å². The standard InChI is InChI=1S/C19H22N2O3/c1-13(2)17-6-4-5-7-18(17)24-12-19(23)21-20-14(3)15-8-10-16(22)11-9-15/h4-11,13,22H,12H2,1-3H3,(H,21,23)/b20-14+. The lowest BCUT2D eigenvalue weighted by Gasteiger charge is -2.13. The third-order valence-electron chi connectivity index (χ3n) is 3.53. The van der Waals surface area contributed by atoms with Gasteiger partial charge in [0.05, 0.1) is 5.71 Å². The van der Waals surface area contributed by atoms with E-state index in [1.54, 1.807) is 31.2 Å². The summed E-state index contributed by atoms with van der Waals surface area (Å²) in [6.07, 6.45) is 0. The first kappa shape index (κ1) is 17.5. The first-order chi connectivity index (χ1) is 11.5. The summed E-state index contributed by atoms with van der Waals surface area (Å²) in [5.74, 6) is 0.889. The Labute approximate surface area is 142 Å². The number of para-hydroxylation sites is 1. The van der Waals surface area contributed by atoms with Gasteiger partial charge >= 0.3 is 0 Å². The molecular formula is C19H22N2O3. The molecule has 0 atom stereocenters. The predicted octanol–water partition coefficient (Wildman–Crippen LogP) is 3.43. The molecule has 0 saturated carbocycles. The first-order valence-electron chi connectivity index (χ1n) is 7.81. The molecule has 2 aromatic rings. The smallest absolute Gasteiger partial charge is 0.277 e. The minimum absolute atomic E-state index is 0.101. The van der Waals surface area contributed by atoms with Gasteiger partial charge in [0.1, 0.15) is 11.5 Å². The van der Waals surface area contributed by atoms with E-state index in [9.17, 15) is 9.90 Å². The average molecular weight is 326 g/mol. The number of ether oxygens (including phenoxy) is 1. The van der Waals surface area contributed by atoms with Crippen LogP contribution in [0.4, 0.5) is 0 Å². The monoisotopic (exact) mass is 326 g/mol. The van der Waals surface area contributed by atoms with Crippen molar-refractivity contribution >= 4 is 11.6 Å². The zero-order chi connectivity index (χ0) is 17.5. The zero-order valence-electron chi connectivity index (χ0n) is 14.1. The summed E-state index contributed by atoms with van der Waals surface area (Å²) in [6.45, 7) is 5.83. The molecule has 0 heterocycles. The molecule has 5 heteroatoms. The molecule has 2 N–H and O–H groups in total. The van der Waals surface area contributed by atoms with Gasteiger partial charge in [-0.3, -0.25) is 4.79 Å². The molecule has 2 rings (SSSR count). The topological polar surface area (TPSA) is 70.9 Å². The van der Waals surface area contributed by atoms with Crippen LogP contribution in [0.3, 0.4) is 0 Å². The Bertz CT molecular complexity index is 722. The molecule has 24 heavy (non-hydrogen) atoms. The molecule has 1 amide bonds. The fourth-order valence-corrected chi connectivity index (χ4v) is 2.18. The number of phenolic OH excluding ortho intramolecular Hbond substituents is 1. The number of phenols is 1. The molecule has 2 aromatic carbocycles. The molecule has 0 aliphatic heterocycles. The van der Waals surface area contributed by atoms with Crippen molar-refractivity contribution in [2.75, 3.05) is 6.61 Å². The van der Waals surface area contributed by atoms with Gasteiger partial charge in [-0.05, 0) is 54.3 Å². The van der Waals surface area contributed by atoms with Crippen LogP contribution >= 0.6 is 0 Å². The molecule has 0 aliphatic carbocycles. The molecule has 0 aliphatic rings. The highest BCUT2D eigenvalue weighted by atomic mass is 16.5. The van der Waals surface area contributed by atoms with E-state index < -0.39 is 0 Å². The predicted molar refractivity (Wildman–Crippen MR) is 94.5 cm³/mol. The van der Waals surface area contributed by atoms with Crippen molar-refractivity contribution in [2.24, 2.45) is 5.10 Å². The van der Waals surface area contributed by atoms with Crippen LogP contribution in [0.25, 0.3) is 0 Å². The van der Waals surface area contributed by atoms with Crippen LogP contribution in [-0.2, 0) is 4.79 Å². The lowest BCUT2D eigenvalue weighted by atomic mass is 10.0. The fraction of sp³-hybridized carbons (Fsp3) is 0.263. The average Bonchev–Trinajstić information content (AvgIpc) is 2.58. The van der Waals surface area contributed by atoms with Crippen molar-refractivity contribution in [1.29, 1.82) is 0 Å². The Morgan fingerprint density at radius 2 is 1.83 bits per heavy atom. The molecule has 0 radical (unpaired) electrons. The number of hydrazone groups is 1. The SMILES string of the molecule is C/C(=N\NC(=O)COc1ccccc1C(C)C)c1ccc(O)cc1. The number of rotatable bonds is 6. The number of benzene rings is 2. The van der Waals surface area contributed by atoms with Crippen LogP contribution in [0, 0.1) is 0 Å². The Morgan fingerprint density at radius 3 is 2.50 bits per heavy atom. The number of hydrogen-bond donors (Lipinski definition) is 2. The molecule has 0 aromatic heterocycles. The van der Waals surface area contributed by atoms with Crippen molar-refractivity contribution < 1.29 is 14.6 Å². The Balaban J connectivity index is 1.92. The van der Waals surface area contributed by atoms with Gasteiger partial charge in [0.2, 0.25) is 0 Å². The molecule has 0 fully saturated rings. The largest absolute Gasteiger partial charge is 0.508 e. The number of nitrogens with one attached hydrogen (secondary N) is 1. The van der Waals surface area contributed by atoms with E-state index in [2.05, 4.69) is 24.4 Å². The molecule has 0 unspecified atom stereocenters. The minimum atomic E-state index is -0.327. The third-order valence-corrected chi connectivity index (χ3v) is 3.53. The maximum absolute atomic E-state index is 11.9. The van der Waals surface area contributed by atoms with Gasteiger partial charge in [0.15, 0.2) is 6.61 Å². The summed E-state index contributed by atoms with van der Waals surface area (Å²) in [4.78, 5) is 11.9. The van der Waals surface area contributed by atoms with Crippen LogP contribution in [-0.4, -0.2) is 23.3 Å². The Hall–Kier alpha value is -2.82. The zero-order valence-corrected chi connectivity index (χ0v) is 14.1. The van der Waals surface area contributed by atoms with Gasteiger partial charge < -0.3 is 9.84 Å². The summed E-state index contributed by atoms with van der Waals surface area (Å²) in [6, 6.07) is 14.3. The van der Waals surface area contributed by atoms with Crippen molar-refractivity contribution in [3.63, 3.8) is 0 Å². The van der Waals surface area contributed by atoms with Gasteiger partial charge in [-0.2, -0.15) is 5.10 Å². The first-order valence-corrected chi connectivity index (χ1v) is 7.81. The maximum atomic E-state index is 11.9. The number of amides is 1. The van der Waals surface area contributed by atoms with Gasteiger partial charge in [-0.25, -0.2) is 5.43 Å². The summed E-state index contributed by atoms with van der Waals surface area (Å²) in [7, 11) is 0. The van der Waals surface area contributed by atoms with Crippen molar-refractivity contribution in [1.82, 2.24) is 5.43 Å². The van der Waals surface area contributed by atoms with Crippen LogP contribution in [0.2, 0.25) is 0 Å². The molecule has 0 saturated heterocycles. The van der Waals surface area contributed by atoms with E-state index in [1.807, 2.05) is 24.3 Å². The van der Waals surface area contributed by atoms with E-state index in [0.29, 0.717) is 17.4 Å². The van der Waals surface area contributed by atoms with Gasteiger partial charge in [0.25, 0.3) is 5.91 Å². The fourth-order valence-electron chi connectivity index (χ4n) is 2.18. The summed E-state index contributed by atoms with van der Waals surface area (Å²) in [5.41, 5.74) is 5.00. The second kappa shape index (κ2) is 8.15. The van der Waals surface area contributed by atoms with Crippen molar-refractivity contribution in [2.45, 2.75) is 26.7 Å². The number of carbonyl (C=O) groups excluding carboxylic acids is 1. The number of nitrogens with zero attached hydrogens (tertiary/aromatic N) is 1. The normalized spacial score (nSPS) is 11.4. The number of aromatic hydroxyl groups is 1. The number of hydrogen-bond acceptors (Lipinski definition) is 4. The quantitative estimate of drug-likeness (QED) is 0.631. The molecule has 0 spiro atoms. The highest BCUT2D eigenvalue weighted by Gasteiger charge is 2.09. The van der Waals surface area contributed by atoms with E-state index in [-0.39, 0.29) is 18.3 Å². The van der Waals surface area contributed by atoms with Crippen molar-refractivity contribution in [3.8, 4) is 11.5 Å². The van der Waals surface area contributed by atoms with E-state index in [1.165, 1.54) is 0 Å². The van der Waals surface area contributed by atoms with Gasteiger partial charge in [-0.1, -0.05) is 32.0 Å². The summed E-state index contributed by atoms with van der Waals surface area (Å²) >= 11 is 0. The summed E-state index contributed by atoms with van der Waals surface area (Å²) in [5, 5.41) is 13.3. The van der Waals surface area contributed by atoms with Crippen LogP contribution in [0.5, 0.6) is 11.5 Å². The van der Waals surface area contributed by atoms with Gasteiger partial charge in [0, 0.05) is 0 Å². The number of carbonyl (C=O) groups is 1. The molecule has 126 valence electrons. The van der Waals surface area contributed by atoms with E-state index >= 15 is 0 Å². The lowest BCUT2D eigenvalue weighted by molar-refractivity contribution is -0.123. The van der Waals surface area contributed by atoms with Crippen LogP contribution < -0.4 is 10.2 Å². The van der Waals surface area contributed by atoms with Crippen LogP contribution in [0.15, 0.2) is 53.6 Å². The highest BCUT2D eigenvalue weighted by molar-refractivity contribution is 5.99. The molecule has 5 nitrogen and oxygen atoms in total. The minimum Gasteiger partial charge on any atom is -0.508 e. The highest BCUT2D eigenvalue weighted by Crippen LogP contribution is 2.25. The Morgan fingerprint density at radius 1 is 1.17 bits per heavy atom. The second-order valence-electron chi connectivity index (χ2n) is 5.76. The van der Waals surface area contributed by atoms with E-state index in [4.69, 9.17) is 4.74 Å². The third kappa shape index (κ3) is 4.84.